The molecule has 0 aromatic rings. The van der Waals surface area contributed by atoms with Crippen molar-refractivity contribution in [2.75, 3.05) is 20.1 Å². The molecule has 4 heteroatoms. The Morgan fingerprint density at radius 3 is 2.72 bits per heavy atom. The molecule has 2 aliphatic carbocycles. The van der Waals surface area contributed by atoms with E-state index >= 15 is 0 Å². The Morgan fingerprint density at radius 2 is 2.17 bits per heavy atom. The van der Waals surface area contributed by atoms with Crippen molar-refractivity contribution in [1.29, 1.82) is 0 Å². The molecule has 1 amide bonds. The second kappa shape index (κ2) is 5.17. The molecule has 0 radical (unpaired) electrons. The van der Waals surface area contributed by atoms with E-state index in [0.29, 0.717) is 0 Å². The monoisotopic (exact) mass is 253 g/mol. The average molecular weight is 253 g/mol. The Labute approximate surface area is 110 Å². The Morgan fingerprint density at radius 1 is 1.50 bits per heavy atom. The molecule has 2 saturated carbocycles. The lowest BCUT2D eigenvalue weighted by Gasteiger charge is -2.29. The summed E-state index contributed by atoms with van der Waals surface area (Å²) in [6, 6.07) is 0. The summed E-state index contributed by atoms with van der Waals surface area (Å²) in [5.74, 6) is 1.74. The van der Waals surface area contributed by atoms with E-state index < -0.39 is 5.54 Å². The van der Waals surface area contributed by atoms with E-state index in [1.54, 1.807) is 0 Å². The summed E-state index contributed by atoms with van der Waals surface area (Å²) in [6.45, 7) is 4.52. The number of nitrogens with zero attached hydrogens (tertiary/aromatic N) is 1. The summed E-state index contributed by atoms with van der Waals surface area (Å²) in [6.07, 6.45) is 5.21. The fourth-order valence-electron chi connectivity index (χ4n) is 3.35. The van der Waals surface area contributed by atoms with Gasteiger partial charge in [0.2, 0.25) is 5.91 Å². The van der Waals surface area contributed by atoms with E-state index in [1.165, 1.54) is 13.0 Å². The third kappa shape index (κ3) is 2.86. The molecule has 2 fully saturated rings. The van der Waals surface area contributed by atoms with Gasteiger partial charge in [0.05, 0.1) is 5.54 Å². The van der Waals surface area contributed by atoms with Crippen LogP contribution in [0.5, 0.6) is 0 Å². The molecule has 2 aliphatic rings. The minimum absolute atomic E-state index is 0.272. The van der Waals surface area contributed by atoms with Crippen LogP contribution < -0.4 is 11.5 Å². The highest BCUT2D eigenvalue weighted by atomic mass is 16.1. The normalized spacial score (nSPS) is 39.2. The zero-order valence-corrected chi connectivity index (χ0v) is 11.7. The van der Waals surface area contributed by atoms with Crippen molar-refractivity contribution < 1.29 is 4.79 Å². The minimum Gasteiger partial charge on any atom is -0.368 e. The van der Waals surface area contributed by atoms with Crippen molar-refractivity contribution in [2.24, 2.45) is 29.2 Å². The first kappa shape index (κ1) is 13.8. The van der Waals surface area contributed by atoms with Crippen LogP contribution in [-0.4, -0.2) is 36.5 Å². The van der Waals surface area contributed by atoms with Gasteiger partial charge in [-0.05, 0) is 57.0 Å². The molecule has 104 valence electrons. The number of carbonyl (C=O) groups excluding carboxylic acids is 1. The molecule has 4 atom stereocenters. The van der Waals surface area contributed by atoms with E-state index in [4.69, 9.17) is 11.5 Å². The van der Waals surface area contributed by atoms with E-state index in [-0.39, 0.29) is 11.8 Å². The average Bonchev–Trinajstić information content (AvgIpc) is 2.84. The molecule has 4 unspecified atom stereocenters. The third-order valence-electron chi connectivity index (χ3n) is 5.01. The summed E-state index contributed by atoms with van der Waals surface area (Å²) in [7, 11) is 2.17. The topological polar surface area (TPSA) is 72.3 Å². The van der Waals surface area contributed by atoms with Gasteiger partial charge in [-0.25, -0.2) is 0 Å². The van der Waals surface area contributed by atoms with Crippen LogP contribution >= 0.6 is 0 Å². The maximum Gasteiger partial charge on any atom is 0.237 e. The van der Waals surface area contributed by atoms with Gasteiger partial charge in [0.25, 0.3) is 0 Å². The number of hydrogen-bond donors (Lipinski definition) is 2. The highest BCUT2D eigenvalue weighted by molar-refractivity contribution is 5.85. The maximum atomic E-state index is 11.5. The van der Waals surface area contributed by atoms with Crippen LogP contribution in [0.4, 0.5) is 0 Å². The second-order valence-electron chi connectivity index (χ2n) is 6.52. The van der Waals surface area contributed by atoms with E-state index in [9.17, 15) is 4.79 Å². The zero-order valence-electron chi connectivity index (χ0n) is 11.7. The van der Waals surface area contributed by atoms with Crippen molar-refractivity contribution >= 4 is 5.91 Å². The molecule has 0 aliphatic heterocycles. The summed E-state index contributed by atoms with van der Waals surface area (Å²) in [4.78, 5) is 13.9. The smallest absolute Gasteiger partial charge is 0.237 e. The number of amides is 1. The number of nitrogens with two attached hydrogens (primary N) is 2. The number of primary amides is 1. The molecule has 4 nitrogen and oxygen atoms in total. The second-order valence-corrected chi connectivity index (χ2v) is 6.52. The van der Waals surface area contributed by atoms with Gasteiger partial charge in [-0.3, -0.25) is 4.79 Å². The molecule has 0 spiro atoms. The van der Waals surface area contributed by atoms with Crippen molar-refractivity contribution in [3.8, 4) is 0 Å². The van der Waals surface area contributed by atoms with Crippen LogP contribution in [0.25, 0.3) is 0 Å². The molecule has 2 rings (SSSR count). The van der Waals surface area contributed by atoms with Gasteiger partial charge >= 0.3 is 0 Å². The Hall–Kier alpha value is -0.610. The maximum absolute atomic E-state index is 11.5. The predicted octanol–water partition coefficient (Wildman–Crippen LogP) is 0.947. The predicted molar refractivity (Wildman–Crippen MR) is 72.8 cm³/mol. The van der Waals surface area contributed by atoms with Crippen LogP contribution in [0.1, 0.15) is 39.0 Å². The lowest BCUT2D eigenvalue weighted by atomic mass is 9.85. The lowest BCUT2D eigenvalue weighted by Crippen LogP contribution is -2.55. The fourth-order valence-corrected chi connectivity index (χ4v) is 3.35. The summed E-state index contributed by atoms with van der Waals surface area (Å²) in [5, 5.41) is 0. The molecule has 0 aromatic heterocycles. The Bertz CT molecular complexity index is 320. The largest absolute Gasteiger partial charge is 0.368 e. The van der Waals surface area contributed by atoms with Crippen molar-refractivity contribution in [1.82, 2.24) is 4.90 Å². The first-order valence-corrected chi connectivity index (χ1v) is 7.21. The van der Waals surface area contributed by atoms with Crippen LogP contribution in [0.15, 0.2) is 0 Å². The summed E-state index contributed by atoms with van der Waals surface area (Å²) in [5.41, 5.74) is 10.9. The number of hydrogen-bond acceptors (Lipinski definition) is 3. The Balaban J connectivity index is 1.77. The van der Waals surface area contributed by atoms with Gasteiger partial charge in [0.1, 0.15) is 0 Å². The highest BCUT2D eigenvalue weighted by Crippen LogP contribution is 2.39. The minimum atomic E-state index is -0.742. The SMILES string of the molecule is CC1CC1CN(C)CCC1CCCC1(N)C(N)=O. The zero-order chi connectivity index (χ0) is 13.3. The van der Waals surface area contributed by atoms with E-state index in [1.807, 2.05) is 0 Å². The van der Waals surface area contributed by atoms with Crippen LogP contribution in [0.3, 0.4) is 0 Å². The highest BCUT2D eigenvalue weighted by Gasteiger charge is 2.44. The molecule has 0 bridgehead atoms. The van der Waals surface area contributed by atoms with Crippen molar-refractivity contribution in [3.05, 3.63) is 0 Å². The van der Waals surface area contributed by atoms with Crippen LogP contribution in [0.2, 0.25) is 0 Å². The van der Waals surface area contributed by atoms with E-state index in [0.717, 1.165) is 44.1 Å². The van der Waals surface area contributed by atoms with Gasteiger partial charge < -0.3 is 16.4 Å². The molecule has 0 aromatic carbocycles. The van der Waals surface area contributed by atoms with Gasteiger partial charge in [0, 0.05) is 6.54 Å². The molecule has 4 N–H and O–H groups in total. The fraction of sp³-hybridized carbons (Fsp3) is 0.929. The van der Waals surface area contributed by atoms with Gasteiger partial charge in [-0.2, -0.15) is 0 Å². The molecule has 0 heterocycles. The molecule has 0 saturated heterocycles. The number of rotatable bonds is 6. The third-order valence-corrected chi connectivity index (χ3v) is 5.01. The van der Waals surface area contributed by atoms with Gasteiger partial charge in [-0.15, -0.1) is 0 Å². The summed E-state index contributed by atoms with van der Waals surface area (Å²) >= 11 is 0. The van der Waals surface area contributed by atoms with Crippen LogP contribution in [0, 0.1) is 17.8 Å². The van der Waals surface area contributed by atoms with Gasteiger partial charge in [-0.1, -0.05) is 13.3 Å². The van der Waals surface area contributed by atoms with Crippen molar-refractivity contribution in [2.45, 2.75) is 44.6 Å². The van der Waals surface area contributed by atoms with Crippen molar-refractivity contribution in [3.63, 3.8) is 0 Å². The summed E-state index contributed by atoms with van der Waals surface area (Å²) < 4.78 is 0. The van der Waals surface area contributed by atoms with E-state index in [2.05, 4.69) is 18.9 Å². The van der Waals surface area contributed by atoms with Gasteiger partial charge in [0.15, 0.2) is 0 Å². The molecular formula is C14H27N3O. The first-order valence-electron chi connectivity index (χ1n) is 7.21. The Kier molecular flexibility index (Phi) is 3.97. The quantitative estimate of drug-likeness (QED) is 0.740. The first-order chi connectivity index (χ1) is 8.43. The lowest BCUT2D eigenvalue weighted by molar-refractivity contribution is -0.124. The standard InChI is InChI=1S/C14H27N3O/c1-10-8-11(10)9-17(2)7-5-12-4-3-6-14(12,16)13(15)18/h10-12H,3-9,16H2,1-2H3,(H2,15,18). The van der Waals surface area contributed by atoms with Crippen LogP contribution in [-0.2, 0) is 4.79 Å². The molecular weight excluding hydrogens is 226 g/mol. The molecule has 18 heavy (non-hydrogen) atoms. The number of carbonyl (C=O) groups is 1.